The molecule has 2 rings (SSSR count). The van der Waals surface area contributed by atoms with E-state index in [-0.39, 0.29) is 11.4 Å². The molecule has 6 nitrogen and oxygen atoms in total. The molecule has 0 bridgehead atoms. The molecule has 0 aliphatic heterocycles. The van der Waals surface area contributed by atoms with Crippen LogP contribution in [0.25, 0.3) is 0 Å². The van der Waals surface area contributed by atoms with Gasteiger partial charge in [-0.15, -0.1) is 0 Å². The SMILES string of the molecule is COc1ccccc1NS(=O)(=O)c1cc(CN)n(C)c1. The molecule has 0 aliphatic rings. The minimum Gasteiger partial charge on any atom is -0.495 e. The molecule has 2 aromatic rings. The topological polar surface area (TPSA) is 86.3 Å². The summed E-state index contributed by atoms with van der Waals surface area (Å²) in [5.74, 6) is 0.464. The summed E-state index contributed by atoms with van der Waals surface area (Å²) in [5.41, 5.74) is 6.69. The van der Waals surface area contributed by atoms with E-state index >= 15 is 0 Å². The van der Waals surface area contributed by atoms with E-state index in [4.69, 9.17) is 10.5 Å². The molecule has 7 heteroatoms. The van der Waals surface area contributed by atoms with Crippen LogP contribution in [0.1, 0.15) is 5.69 Å². The molecule has 0 atom stereocenters. The van der Waals surface area contributed by atoms with E-state index in [1.54, 1.807) is 41.9 Å². The number of methoxy groups -OCH3 is 1. The Labute approximate surface area is 118 Å². The van der Waals surface area contributed by atoms with Crippen LogP contribution in [0.5, 0.6) is 5.75 Å². The number of hydrogen-bond acceptors (Lipinski definition) is 4. The van der Waals surface area contributed by atoms with Gasteiger partial charge in [0.15, 0.2) is 0 Å². The minimum absolute atomic E-state index is 0.173. The predicted octanol–water partition coefficient (Wildman–Crippen LogP) is 1.29. The quantitative estimate of drug-likeness (QED) is 0.870. The summed E-state index contributed by atoms with van der Waals surface area (Å²) in [6.07, 6.45) is 1.53. The van der Waals surface area contributed by atoms with Crippen LogP contribution in [0.2, 0.25) is 0 Å². The lowest BCUT2D eigenvalue weighted by molar-refractivity contribution is 0.417. The number of sulfonamides is 1. The Hall–Kier alpha value is -1.99. The summed E-state index contributed by atoms with van der Waals surface area (Å²) in [7, 11) is -0.422. The van der Waals surface area contributed by atoms with Gasteiger partial charge in [-0.3, -0.25) is 4.72 Å². The van der Waals surface area contributed by atoms with Crippen LogP contribution in [0.4, 0.5) is 5.69 Å². The van der Waals surface area contributed by atoms with Gasteiger partial charge in [0.05, 0.1) is 12.8 Å². The number of para-hydroxylation sites is 2. The summed E-state index contributed by atoms with van der Waals surface area (Å²) in [6.45, 7) is 0.278. The summed E-state index contributed by atoms with van der Waals surface area (Å²) < 4.78 is 34.0. The van der Waals surface area contributed by atoms with Gasteiger partial charge in [0, 0.05) is 25.5 Å². The van der Waals surface area contributed by atoms with E-state index in [1.807, 2.05) is 0 Å². The van der Waals surface area contributed by atoms with Crippen LogP contribution < -0.4 is 15.2 Å². The van der Waals surface area contributed by atoms with Crippen LogP contribution in [0, 0.1) is 0 Å². The first-order valence-electron chi connectivity index (χ1n) is 5.99. The van der Waals surface area contributed by atoms with E-state index in [1.165, 1.54) is 13.3 Å². The van der Waals surface area contributed by atoms with E-state index < -0.39 is 10.0 Å². The highest BCUT2D eigenvalue weighted by molar-refractivity contribution is 7.92. The molecule has 1 heterocycles. The van der Waals surface area contributed by atoms with Crippen LogP contribution in [0.15, 0.2) is 41.4 Å². The van der Waals surface area contributed by atoms with Gasteiger partial charge in [0.2, 0.25) is 0 Å². The molecule has 0 fully saturated rings. The van der Waals surface area contributed by atoms with Crippen LogP contribution >= 0.6 is 0 Å². The maximum absolute atomic E-state index is 12.3. The third kappa shape index (κ3) is 2.78. The maximum Gasteiger partial charge on any atom is 0.263 e. The predicted molar refractivity (Wildman–Crippen MR) is 77.1 cm³/mol. The van der Waals surface area contributed by atoms with Gasteiger partial charge in [0.1, 0.15) is 10.6 Å². The van der Waals surface area contributed by atoms with Crippen molar-refractivity contribution in [2.45, 2.75) is 11.4 Å². The highest BCUT2D eigenvalue weighted by Crippen LogP contribution is 2.26. The van der Waals surface area contributed by atoms with Crippen molar-refractivity contribution in [3.05, 3.63) is 42.2 Å². The maximum atomic E-state index is 12.3. The molecular weight excluding hydrogens is 278 g/mol. The third-order valence-electron chi connectivity index (χ3n) is 2.95. The van der Waals surface area contributed by atoms with Crippen molar-refractivity contribution in [2.24, 2.45) is 12.8 Å². The lowest BCUT2D eigenvalue weighted by Gasteiger charge is -2.10. The highest BCUT2D eigenvalue weighted by atomic mass is 32.2. The number of benzene rings is 1. The number of ether oxygens (including phenoxy) is 1. The average Bonchev–Trinajstić information content (AvgIpc) is 2.81. The van der Waals surface area contributed by atoms with Crippen LogP contribution in [-0.2, 0) is 23.6 Å². The normalized spacial score (nSPS) is 11.3. The fourth-order valence-corrected chi connectivity index (χ4v) is 3.02. The first kappa shape index (κ1) is 14.4. The number of aryl methyl sites for hydroxylation is 1. The van der Waals surface area contributed by atoms with Gasteiger partial charge in [-0.1, -0.05) is 12.1 Å². The molecular formula is C13H17N3O3S. The van der Waals surface area contributed by atoms with Crippen molar-refractivity contribution in [3.63, 3.8) is 0 Å². The molecule has 0 unspecified atom stereocenters. The number of nitrogens with two attached hydrogens (primary N) is 1. The second-order valence-electron chi connectivity index (χ2n) is 4.29. The Bertz CT molecular complexity index is 707. The van der Waals surface area contributed by atoms with E-state index in [9.17, 15) is 8.42 Å². The monoisotopic (exact) mass is 295 g/mol. The number of anilines is 1. The number of nitrogens with one attached hydrogen (secondary N) is 1. The van der Waals surface area contributed by atoms with Gasteiger partial charge in [-0.25, -0.2) is 8.42 Å². The van der Waals surface area contributed by atoms with Crippen molar-refractivity contribution in [3.8, 4) is 5.75 Å². The van der Waals surface area contributed by atoms with Crippen molar-refractivity contribution in [1.29, 1.82) is 0 Å². The van der Waals surface area contributed by atoms with Crippen molar-refractivity contribution >= 4 is 15.7 Å². The van der Waals surface area contributed by atoms with Gasteiger partial charge in [-0.2, -0.15) is 0 Å². The van der Waals surface area contributed by atoms with Crippen molar-refractivity contribution in [1.82, 2.24) is 4.57 Å². The molecule has 0 aliphatic carbocycles. The van der Waals surface area contributed by atoms with E-state index in [2.05, 4.69) is 4.72 Å². The summed E-state index contributed by atoms with van der Waals surface area (Å²) in [5, 5.41) is 0. The molecule has 108 valence electrons. The fourth-order valence-electron chi connectivity index (χ4n) is 1.86. The summed E-state index contributed by atoms with van der Waals surface area (Å²) in [4.78, 5) is 0.173. The van der Waals surface area contributed by atoms with Gasteiger partial charge in [-0.05, 0) is 18.2 Å². The largest absolute Gasteiger partial charge is 0.495 e. The number of aromatic nitrogens is 1. The summed E-state index contributed by atoms with van der Waals surface area (Å²) in [6, 6.07) is 8.39. The van der Waals surface area contributed by atoms with Crippen molar-refractivity contribution < 1.29 is 13.2 Å². The second kappa shape index (κ2) is 5.56. The molecule has 20 heavy (non-hydrogen) atoms. The number of nitrogens with zero attached hydrogens (tertiary/aromatic N) is 1. The second-order valence-corrected chi connectivity index (χ2v) is 5.97. The average molecular weight is 295 g/mol. The lowest BCUT2D eigenvalue weighted by atomic mass is 10.3. The van der Waals surface area contributed by atoms with Crippen LogP contribution in [-0.4, -0.2) is 20.1 Å². The zero-order valence-electron chi connectivity index (χ0n) is 11.3. The Morgan fingerprint density at radius 3 is 2.65 bits per heavy atom. The molecule has 1 aromatic carbocycles. The molecule has 0 spiro atoms. The zero-order valence-corrected chi connectivity index (χ0v) is 12.1. The summed E-state index contributed by atoms with van der Waals surface area (Å²) >= 11 is 0. The Morgan fingerprint density at radius 1 is 1.35 bits per heavy atom. The Kier molecular flexibility index (Phi) is 4.01. The number of rotatable bonds is 5. The molecule has 0 amide bonds. The highest BCUT2D eigenvalue weighted by Gasteiger charge is 2.18. The Balaban J connectivity index is 2.35. The first-order chi connectivity index (χ1) is 9.47. The molecule has 0 saturated heterocycles. The number of hydrogen-bond donors (Lipinski definition) is 2. The minimum atomic E-state index is -3.66. The van der Waals surface area contributed by atoms with Gasteiger partial charge in [0.25, 0.3) is 10.0 Å². The standard InChI is InChI=1S/C13H17N3O3S/c1-16-9-11(7-10(16)8-14)20(17,18)15-12-5-3-4-6-13(12)19-2/h3-7,9,15H,8,14H2,1-2H3. The van der Waals surface area contributed by atoms with E-state index in [0.29, 0.717) is 11.4 Å². The molecule has 0 radical (unpaired) electrons. The molecule has 1 aromatic heterocycles. The van der Waals surface area contributed by atoms with Crippen molar-refractivity contribution in [2.75, 3.05) is 11.8 Å². The lowest BCUT2D eigenvalue weighted by Crippen LogP contribution is -2.13. The first-order valence-corrected chi connectivity index (χ1v) is 7.47. The Morgan fingerprint density at radius 2 is 2.05 bits per heavy atom. The van der Waals surface area contributed by atoms with Crippen LogP contribution in [0.3, 0.4) is 0 Å². The zero-order chi connectivity index (χ0) is 14.8. The van der Waals surface area contributed by atoms with E-state index in [0.717, 1.165) is 5.69 Å². The smallest absolute Gasteiger partial charge is 0.263 e. The van der Waals surface area contributed by atoms with Gasteiger partial charge >= 0.3 is 0 Å². The third-order valence-corrected chi connectivity index (χ3v) is 4.29. The molecule has 3 N–H and O–H groups in total. The van der Waals surface area contributed by atoms with Gasteiger partial charge < -0.3 is 15.0 Å². The fraction of sp³-hybridized carbons (Fsp3) is 0.231. The molecule has 0 saturated carbocycles.